The van der Waals surface area contributed by atoms with Crippen LogP contribution in [0.5, 0.6) is 5.75 Å². The van der Waals surface area contributed by atoms with Gasteiger partial charge in [-0.25, -0.2) is 0 Å². The maximum absolute atomic E-state index is 12.1. The quantitative estimate of drug-likeness (QED) is 0.657. The van der Waals surface area contributed by atoms with E-state index in [0.717, 1.165) is 11.1 Å². The van der Waals surface area contributed by atoms with Crippen LogP contribution in [-0.4, -0.2) is 6.36 Å². The summed E-state index contributed by atoms with van der Waals surface area (Å²) in [6.07, 6.45) is -4.11. The highest BCUT2D eigenvalue weighted by atomic mass is 19.4. The van der Waals surface area contributed by atoms with Gasteiger partial charge in [-0.2, -0.15) is 0 Å². The van der Waals surface area contributed by atoms with Gasteiger partial charge in [-0.05, 0) is 29.7 Å². The van der Waals surface area contributed by atoms with E-state index >= 15 is 0 Å². The molecule has 0 saturated heterocycles. The predicted octanol–water partition coefficient (Wildman–Crippen LogP) is 3.33. The van der Waals surface area contributed by atoms with Gasteiger partial charge in [0, 0.05) is 6.04 Å². The first-order valence-corrected chi connectivity index (χ1v) is 6.34. The van der Waals surface area contributed by atoms with Gasteiger partial charge in [0.15, 0.2) is 0 Å². The van der Waals surface area contributed by atoms with E-state index in [0.29, 0.717) is 6.42 Å². The Kier molecular flexibility index (Phi) is 4.82. The number of benzene rings is 2. The van der Waals surface area contributed by atoms with Crippen molar-refractivity contribution >= 4 is 0 Å². The minimum Gasteiger partial charge on any atom is -0.406 e. The van der Waals surface area contributed by atoms with Crippen molar-refractivity contribution in [3.05, 3.63) is 65.7 Å². The molecule has 2 aromatic rings. The smallest absolute Gasteiger partial charge is 0.406 e. The van der Waals surface area contributed by atoms with E-state index in [9.17, 15) is 13.2 Å². The normalized spacial score (nSPS) is 13.0. The maximum atomic E-state index is 12.1. The molecule has 21 heavy (non-hydrogen) atoms. The second kappa shape index (κ2) is 6.60. The van der Waals surface area contributed by atoms with Crippen LogP contribution >= 0.6 is 0 Å². The molecule has 0 radical (unpaired) electrons. The Labute approximate surface area is 120 Å². The third-order valence-corrected chi connectivity index (χ3v) is 3.00. The number of rotatable bonds is 5. The Morgan fingerprint density at radius 3 is 2.14 bits per heavy atom. The molecule has 2 rings (SSSR count). The van der Waals surface area contributed by atoms with E-state index in [1.165, 1.54) is 12.1 Å². The fourth-order valence-electron chi connectivity index (χ4n) is 2.02. The molecule has 0 saturated carbocycles. The van der Waals surface area contributed by atoms with Gasteiger partial charge in [0.1, 0.15) is 5.75 Å². The minimum atomic E-state index is -4.67. The molecule has 3 nitrogen and oxygen atoms in total. The summed E-state index contributed by atoms with van der Waals surface area (Å²) in [5.41, 5.74) is 4.58. The van der Waals surface area contributed by atoms with Gasteiger partial charge in [-0.1, -0.05) is 42.5 Å². The van der Waals surface area contributed by atoms with E-state index in [2.05, 4.69) is 10.2 Å². The molecule has 0 aliphatic rings. The van der Waals surface area contributed by atoms with E-state index in [4.69, 9.17) is 5.84 Å². The van der Waals surface area contributed by atoms with Crippen LogP contribution in [-0.2, 0) is 6.42 Å². The highest BCUT2D eigenvalue weighted by Gasteiger charge is 2.30. The van der Waals surface area contributed by atoms with Crippen LogP contribution in [0.3, 0.4) is 0 Å². The lowest BCUT2D eigenvalue weighted by molar-refractivity contribution is -0.274. The van der Waals surface area contributed by atoms with Gasteiger partial charge in [-0.15, -0.1) is 13.2 Å². The van der Waals surface area contributed by atoms with Crippen molar-refractivity contribution in [3.8, 4) is 5.75 Å². The summed E-state index contributed by atoms with van der Waals surface area (Å²) in [6.45, 7) is 0. The first-order chi connectivity index (χ1) is 9.98. The van der Waals surface area contributed by atoms with Crippen molar-refractivity contribution in [2.75, 3.05) is 0 Å². The summed E-state index contributed by atoms with van der Waals surface area (Å²) in [7, 11) is 0. The van der Waals surface area contributed by atoms with Crippen LogP contribution in [0.15, 0.2) is 54.6 Å². The number of hydrogen-bond donors (Lipinski definition) is 2. The summed E-state index contributed by atoms with van der Waals surface area (Å²) < 4.78 is 40.1. The van der Waals surface area contributed by atoms with Gasteiger partial charge >= 0.3 is 6.36 Å². The third-order valence-electron chi connectivity index (χ3n) is 3.00. The van der Waals surface area contributed by atoms with Crippen LogP contribution in [0.25, 0.3) is 0 Å². The lowest BCUT2D eigenvalue weighted by Crippen LogP contribution is -2.29. The summed E-state index contributed by atoms with van der Waals surface area (Å²) >= 11 is 0. The van der Waals surface area contributed by atoms with Crippen molar-refractivity contribution in [1.29, 1.82) is 0 Å². The van der Waals surface area contributed by atoms with Crippen molar-refractivity contribution in [1.82, 2.24) is 5.43 Å². The molecule has 0 fully saturated rings. The molecule has 0 spiro atoms. The fraction of sp³-hybridized carbons (Fsp3) is 0.200. The molecule has 0 amide bonds. The number of ether oxygens (including phenoxy) is 1. The average molecular weight is 296 g/mol. The zero-order valence-corrected chi connectivity index (χ0v) is 11.1. The SMILES string of the molecule is NNC(Cc1ccc(OC(F)(F)F)cc1)c1ccccc1. The number of nitrogens with two attached hydrogens (primary N) is 1. The monoisotopic (exact) mass is 296 g/mol. The zero-order valence-electron chi connectivity index (χ0n) is 11.1. The Balaban J connectivity index is 2.05. The molecule has 0 aliphatic carbocycles. The number of hydrazine groups is 1. The Bertz CT molecular complexity index is 555. The number of halogens is 3. The summed E-state index contributed by atoms with van der Waals surface area (Å²) in [4.78, 5) is 0. The van der Waals surface area contributed by atoms with Crippen molar-refractivity contribution < 1.29 is 17.9 Å². The topological polar surface area (TPSA) is 47.3 Å². The Hall–Kier alpha value is -2.05. The summed E-state index contributed by atoms with van der Waals surface area (Å²) in [5.74, 6) is 5.31. The van der Waals surface area contributed by atoms with Gasteiger partial charge in [-0.3, -0.25) is 11.3 Å². The van der Waals surface area contributed by atoms with E-state index < -0.39 is 6.36 Å². The lowest BCUT2D eigenvalue weighted by atomic mass is 9.99. The van der Waals surface area contributed by atoms with E-state index in [1.54, 1.807) is 12.1 Å². The minimum absolute atomic E-state index is 0.111. The Morgan fingerprint density at radius 2 is 1.62 bits per heavy atom. The van der Waals surface area contributed by atoms with E-state index in [1.807, 2.05) is 30.3 Å². The number of alkyl halides is 3. The first-order valence-electron chi connectivity index (χ1n) is 6.34. The lowest BCUT2D eigenvalue weighted by Gasteiger charge is -2.16. The number of hydrogen-bond acceptors (Lipinski definition) is 3. The summed E-state index contributed by atoms with van der Waals surface area (Å²) in [6, 6.07) is 15.2. The van der Waals surface area contributed by atoms with Crippen molar-refractivity contribution in [2.45, 2.75) is 18.8 Å². The van der Waals surface area contributed by atoms with E-state index in [-0.39, 0.29) is 11.8 Å². The Morgan fingerprint density at radius 1 is 1.00 bits per heavy atom. The predicted molar refractivity (Wildman–Crippen MR) is 73.3 cm³/mol. The molecule has 0 heterocycles. The molecule has 112 valence electrons. The standard InChI is InChI=1S/C15H15F3N2O/c16-15(17,18)21-13-8-6-11(7-9-13)10-14(20-19)12-4-2-1-3-5-12/h1-9,14,20H,10,19H2. The van der Waals surface area contributed by atoms with Crippen molar-refractivity contribution in [2.24, 2.45) is 5.84 Å². The largest absolute Gasteiger partial charge is 0.573 e. The van der Waals surface area contributed by atoms with Gasteiger partial charge in [0.05, 0.1) is 0 Å². The van der Waals surface area contributed by atoms with Crippen LogP contribution < -0.4 is 16.0 Å². The zero-order chi connectivity index (χ0) is 15.3. The van der Waals surface area contributed by atoms with Gasteiger partial charge in [0.25, 0.3) is 0 Å². The average Bonchev–Trinajstić information content (AvgIpc) is 2.46. The molecule has 1 atom stereocenters. The van der Waals surface area contributed by atoms with Gasteiger partial charge in [0.2, 0.25) is 0 Å². The fourth-order valence-corrected chi connectivity index (χ4v) is 2.02. The first kappa shape index (κ1) is 15.3. The molecule has 2 aromatic carbocycles. The second-order valence-electron chi connectivity index (χ2n) is 4.53. The highest BCUT2D eigenvalue weighted by Crippen LogP contribution is 2.24. The molecular weight excluding hydrogens is 281 g/mol. The van der Waals surface area contributed by atoms with Gasteiger partial charge < -0.3 is 4.74 Å². The summed E-state index contributed by atoms with van der Waals surface area (Å²) in [5, 5.41) is 0. The van der Waals surface area contributed by atoms with Crippen LogP contribution in [0.2, 0.25) is 0 Å². The molecule has 0 aromatic heterocycles. The molecule has 1 unspecified atom stereocenters. The van der Waals surface area contributed by atoms with Crippen LogP contribution in [0.1, 0.15) is 17.2 Å². The molecule has 0 bridgehead atoms. The third kappa shape index (κ3) is 4.77. The second-order valence-corrected chi connectivity index (χ2v) is 4.53. The molecule has 3 N–H and O–H groups in total. The van der Waals surface area contributed by atoms with Crippen LogP contribution in [0, 0.1) is 0 Å². The molecule has 6 heteroatoms. The van der Waals surface area contributed by atoms with Crippen molar-refractivity contribution in [3.63, 3.8) is 0 Å². The van der Waals surface area contributed by atoms with Crippen LogP contribution in [0.4, 0.5) is 13.2 Å². The molecular formula is C15H15F3N2O. The number of nitrogens with one attached hydrogen (secondary N) is 1. The molecule has 0 aliphatic heterocycles. The highest BCUT2D eigenvalue weighted by molar-refractivity contribution is 5.29. The maximum Gasteiger partial charge on any atom is 0.573 e.